The molecule has 0 spiro atoms. The van der Waals surface area contributed by atoms with Crippen LogP contribution in [0.5, 0.6) is 5.75 Å². The highest BCUT2D eigenvalue weighted by molar-refractivity contribution is 7.92. The van der Waals surface area contributed by atoms with E-state index < -0.39 is 10.0 Å². The summed E-state index contributed by atoms with van der Waals surface area (Å²) in [4.78, 5) is 2.38. The average molecular weight is 362 g/mol. The largest absolute Gasteiger partial charge is 0.495 e. The molecular weight excluding hydrogens is 340 g/mol. The molecular formula is C18H22N2O4S. The van der Waals surface area contributed by atoms with Gasteiger partial charge in [0.2, 0.25) is 0 Å². The molecule has 7 heteroatoms. The summed E-state index contributed by atoms with van der Waals surface area (Å²) in [5.41, 5.74) is 2.36. The Morgan fingerprint density at radius 2 is 1.76 bits per heavy atom. The number of aryl methyl sites for hydroxylation is 1. The third kappa shape index (κ3) is 4.05. The maximum Gasteiger partial charge on any atom is 0.262 e. The van der Waals surface area contributed by atoms with Gasteiger partial charge in [0.25, 0.3) is 10.0 Å². The third-order valence-electron chi connectivity index (χ3n) is 4.13. The van der Waals surface area contributed by atoms with Gasteiger partial charge >= 0.3 is 0 Å². The van der Waals surface area contributed by atoms with E-state index >= 15 is 0 Å². The van der Waals surface area contributed by atoms with Crippen molar-refractivity contribution in [2.24, 2.45) is 0 Å². The minimum absolute atomic E-state index is 0.219. The predicted octanol–water partition coefficient (Wildman–Crippen LogP) is 2.64. The van der Waals surface area contributed by atoms with E-state index in [1.165, 1.54) is 7.11 Å². The number of nitrogens with one attached hydrogen (secondary N) is 1. The topological polar surface area (TPSA) is 67.9 Å². The normalized spacial score (nSPS) is 15.0. The van der Waals surface area contributed by atoms with Gasteiger partial charge in [-0.3, -0.25) is 4.72 Å². The Morgan fingerprint density at radius 3 is 2.40 bits per heavy atom. The molecule has 0 bridgehead atoms. The molecule has 25 heavy (non-hydrogen) atoms. The Bertz CT molecular complexity index is 829. The van der Waals surface area contributed by atoms with Crippen molar-refractivity contribution in [2.75, 3.05) is 43.0 Å². The van der Waals surface area contributed by atoms with Gasteiger partial charge in [0.1, 0.15) is 5.75 Å². The first kappa shape index (κ1) is 17.6. The molecule has 2 aromatic carbocycles. The van der Waals surface area contributed by atoms with Crippen molar-refractivity contribution in [2.45, 2.75) is 11.8 Å². The smallest absolute Gasteiger partial charge is 0.262 e. The van der Waals surface area contributed by atoms with Crippen molar-refractivity contribution in [3.05, 3.63) is 48.0 Å². The lowest BCUT2D eigenvalue weighted by Gasteiger charge is -2.29. The van der Waals surface area contributed by atoms with Gasteiger partial charge in [-0.2, -0.15) is 0 Å². The van der Waals surface area contributed by atoms with E-state index in [9.17, 15) is 8.42 Å². The highest BCUT2D eigenvalue weighted by Gasteiger charge is 2.19. The number of nitrogens with zero attached hydrogens (tertiary/aromatic N) is 1. The van der Waals surface area contributed by atoms with Crippen LogP contribution in [0.3, 0.4) is 0 Å². The van der Waals surface area contributed by atoms with E-state index in [1.54, 1.807) is 36.4 Å². The summed E-state index contributed by atoms with van der Waals surface area (Å²) >= 11 is 0. The van der Waals surface area contributed by atoms with E-state index in [2.05, 4.69) is 9.62 Å². The fourth-order valence-corrected chi connectivity index (χ4v) is 3.78. The van der Waals surface area contributed by atoms with Crippen molar-refractivity contribution in [3.63, 3.8) is 0 Å². The molecule has 0 atom stereocenters. The summed E-state index contributed by atoms with van der Waals surface area (Å²) in [7, 11) is -2.16. The summed E-state index contributed by atoms with van der Waals surface area (Å²) in [6.45, 7) is 4.79. The molecule has 0 amide bonds. The van der Waals surface area contributed by atoms with E-state index in [4.69, 9.17) is 9.47 Å². The van der Waals surface area contributed by atoms with Crippen LogP contribution >= 0.6 is 0 Å². The molecule has 1 fully saturated rings. The van der Waals surface area contributed by atoms with Gasteiger partial charge in [0.15, 0.2) is 0 Å². The van der Waals surface area contributed by atoms with Gasteiger partial charge in [-0.05, 0) is 37.3 Å². The molecule has 1 aliphatic rings. The van der Waals surface area contributed by atoms with Crippen molar-refractivity contribution in [1.82, 2.24) is 0 Å². The molecule has 0 radical (unpaired) electrons. The Kier molecular flexibility index (Phi) is 5.15. The van der Waals surface area contributed by atoms with Gasteiger partial charge in [0, 0.05) is 18.8 Å². The number of anilines is 2. The maximum atomic E-state index is 12.7. The fourth-order valence-electron chi connectivity index (χ4n) is 2.72. The lowest BCUT2D eigenvalue weighted by atomic mass is 10.2. The molecule has 1 aliphatic heterocycles. The minimum atomic E-state index is -3.68. The summed E-state index contributed by atoms with van der Waals surface area (Å²) in [5, 5.41) is 0. The molecule has 1 heterocycles. The van der Waals surface area contributed by atoms with Gasteiger partial charge in [-0.1, -0.05) is 17.7 Å². The zero-order valence-corrected chi connectivity index (χ0v) is 15.2. The lowest BCUT2D eigenvalue weighted by Crippen LogP contribution is -2.36. The molecule has 3 rings (SSSR count). The zero-order chi connectivity index (χ0) is 17.9. The molecule has 0 aliphatic carbocycles. The van der Waals surface area contributed by atoms with Crippen LogP contribution in [0.25, 0.3) is 0 Å². The molecule has 1 saturated heterocycles. The van der Waals surface area contributed by atoms with Crippen LogP contribution in [0.1, 0.15) is 5.56 Å². The van der Waals surface area contributed by atoms with E-state index in [0.29, 0.717) is 24.7 Å². The van der Waals surface area contributed by atoms with E-state index in [1.807, 2.05) is 13.0 Å². The predicted molar refractivity (Wildman–Crippen MR) is 98.0 cm³/mol. The van der Waals surface area contributed by atoms with Gasteiger partial charge in [-0.25, -0.2) is 8.42 Å². The Labute approximate surface area is 148 Å². The molecule has 0 unspecified atom stereocenters. The second kappa shape index (κ2) is 7.33. The van der Waals surface area contributed by atoms with Crippen LogP contribution in [0.2, 0.25) is 0 Å². The highest BCUT2D eigenvalue weighted by atomic mass is 32.2. The maximum absolute atomic E-state index is 12.7. The van der Waals surface area contributed by atoms with Crippen molar-refractivity contribution in [3.8, 4) is 5.75 Å². The lowest BCUT2D eigenvalue weighted by molar-refractivity contribution is 0.122. The number of hydrogen-bond donors (Lipinski definition) is 1. The van der Waals surface area contributed by atoms with Crippen LogP contribution in [0.4, 0.5) is 11.4 Å². The Balaban J connectivity index is 1.90. The second-order valence-corrected chi connectivity index (χ2v) is 7.58. The third-order valence-corrected chi connectivity index (χ3v) is 5.52. The number of hydrogen-bond acceptors (Lipinski definition) is 5. The van der Waals surface area contributed by atoms with Crippen LogP contribution in [0, 0.1) is 6.92 Å². The van der Waals surface area contributed by atoms with Crippen molar-refractivity contribution in [1.29, 1.82) is 0 Å². The SMILES string of the molecule is COc1ccc(N2CCOCC2)cc1NS(=O)(=O)c1ccc(C)cc1. The fraction of sp³-hybridized carbons (Fsp3) is 0.333. The summed E-state index contributed by atoms with van der Waals surface area (Å²) in [5.74, 6) is 0.479. The van der Waals surface area contributed by atoms with E-state index in [-0.39, 0.29) is 4.90 Å². The van der Waals surface area contributed by atoms with Crippen LogP contribution in [-0.2, 0) is 14.8 Å². The van der Waals surface area contributed by atoms with E-state index in [0.717, 1.165) is 24.3 Å². The van der Waals surface area contributed by atoms with Crippen molar-refractivity contribution < 1.29 is 17.9 Å². The number of ether oxygens (including phenoxy) is 2. The quantitative estimate of drug-likeness (QED) is 0.886. The molecule has 2 aromatic rings. The van der Waals surface area contributed by atoms with Gasteiger partial charge < -0.3 is 14.4 Å². The first-order valence-electron chi connectivity index (χ1n) is 8.10. The highest BCUT2D eigenvalue weighted by Crippen LogP contribution is 2.31. The monoisotopic (exact) mass is 362 g/mol. The Morgan fingerprint density at radius 1 is 1.08 bits per heavy atom. The molecule has 0 aromatic heterocycles. The number of benzene rings is 2. The van der Waals surface area contributed by atoms with Gasteiger partial charge in [0.05, 0.1) is 30.9 Å². The number of methoxy groups -OCH3 is 1. The van der Waals surface area contributed by atoms with Crippen LogP contribution in [0.15, 0.2) is 47.4 Å². The van der Waals surface area contributed by atoms with Crippen molar-refractivity contribution >= 4 is 21.4 Å². The standard InChI is InChI=1S/C18H22N2O4S/c1-14-3-6-16(7-4-14)25(21,22)19-17-13-15(5-8-18(17)23-2)20-9-11-24-12-10-20/h3-8,13,19H,9-12H2,1-2H3. The summed E-state index contributed by atoms with van der Waals surface area (Å²) in [6.07, 6.45) is 0. The zero-order valence-electron chi connectivity index (χ0n) is 14.4. The molecule has 1 N–H and O–H groups in total. The number of rotatable bonds is 5. The number of sulfonamides is 1. The second-order valence-electron chi connectivity index (χ2n) is 5.90. The number of morpholine rings is 1. The summed E-state index contributed by atoms with van der Waals surface area (Å²) < 4.78 is 38.7. The summed E-state index contributed by atoms with van der Waals surface area (Å²) in [6, 6.07) is 12.2. The minimum Gasteiger partial charge on any atom is -0.495 e. The molecule has 6 nitrogen and oxygen atoms in total. The molecule has 0 saturated carbocycles. The Hall–Kier alpha value is -2.25. The first-order valence-corrected chi connectivity index (χ1v) is 9.58. The molecule has 134 valence electrons. The van der Waals surface area contributed by atoms with Gasteiger partial charge in [-0.15, -0.1) is 0 Å². The average Bonchev–Trinajstić information content (AvgIpc) is 2.62. The van der Waals surface area contributed by atoms with Crippen LogP contribution < -0.4 is 14.4 Å². The first-order chi connectivity index (χ1) is 12.0. The van der Waals surface area contributed by atoms with Crippen LogP contribution in [-0.4, -0.2) is 41.8 Å².